The number of rotatable bonds is 27. The van der Waals surface area contributed by atoms with Gasteiger partial charge in [-0.15, -0.1) is 0 Å². The normalized spacial score (nSPS) is 10.8. The second-order valence-electron chi connectivity index (χ2n) is 8.04. The molecule has 11 nitrogen and oxygen atoms in total. The Labute approximate surface area is 232 Å². The van der Waals surface area contributed by atoms with Gasteiger partial charge in [-0.3, -0.25) is 0 Å². The van der Waals surface area contributed by atoms with Gasteiger partial charge in [0, 0.05) is 18.3 Å². The number of carbonyl (C=O) groups is 2. The van der Waals surface area contributed by atoms with Crippen LogP contribution < -0.4 is 5.32 Å². The quantitative estimate of drug-likeness (QED) is 0.0980. The summed E-state index contributed by atoms with van der Waals surface area (Å²) in [5.41, 5.74) is 1.51. The first-order valence-corrected chi connectivity index (χ1v) is 13.4. The van der Waals surface area contributed by atoms with Crippen molar-refractivity contribution < 1.29 is 47.5 Å². The van der Waals surface area contributed by atoms with Crippen LogP contribution in [0.3, 0.4) is 0 Å². The van der Waals surface area contributed by atoms with Gasteiger partial charge in [-0.25, -0.2) is 9.59 Å². The van der Waals surface area contributed by atoms with Crippen LogP contribution in [-0.2, 0) is 42.7 Å². The lowest BCUT2D eigenvalue weighted by molar-refractivity contribution is -0.139. The smallest absolute Gasteiger partial charge is 0.338 e. The Hall–Kier alpha value is -2.54. The molecule has 39 heavy (non-hydrogen) atoms. The average molecular weight is 556 g/mol. The molecule has 0 fully saturated rings. The van der Waals surface area contributed by atoms with E-state index in [9.17, 15) is 9.59 Å². The standard InChI is InChI=1S/C28H45NO10/c1-3-5-10-29-26-8-6-25(7-9-26)28(31)39-24-22-37-20-18-35-16-14-33-12-11-32-13-15-34-17-19-36-21-23-38-27(30)4-2/h4,6-9,29H,2-3,5,10-24H2,1H3. The van der Waals surface area contributed by atoms with Crippen LogP contribution in [0.4, 0.5) is 5.69 Å². The third-order valence-corrected chi connectivity index (χ3v) is 4.94. The van der Waals surface area contributed by atoms with E-state index in [0.717, 1.165) is 31.1 Å². The highest BCUT2D eigenvalue weighted by molar-refractivity contribution is 5.89. The molecule has 1 aromatic rings. The highest BCUT2D eigenvalue weighted by Gasteiger charge is 2.06. The fraction of sp³-hybridized carbons (Fsp3) is 0.643. The first kappa shape index (κ1) is 34.5. The molecule has 0 radical (unpaired) electrons. The molecule has 1 rings (SSSR count). The number of nitrogens with one attached hydrogen (secondary N) is 1. The number of unbranched alkanes of at least 4 members (excludes halogenated alkanes) is 1. The minimum Gasteiger partial charge on any atom is -0.460 e. The van der Waals surface area contributed by atoms with E-state index in [4.69, 9.17) is 37.9 Å². The minimum absolute atomic E-state index is 0.187. The van der Waals surface area contributed by atoms with E-state index in [2.05, 4.69) is 18.8 Å². The molecule has 1 aromatic carbocycles. The van der Waals surface area contributed by atoms with Crippen LogP contribution >= 0.6 is 0 Å². The molecule has 1 N–H and O–H groups in total. The Kier molecular flexibility index (Phi) is 22.7. The maximum Gasteiger partial charge on any atom is 0.338 e. The lowest BCUT2D eigenvalue weighted by Crippen LogP contribution is -2.15. The van der Waals surface area contributed by atoms with Gasteiger partial charge in [0.05, 0.1) is 84.8 Å². The fourth-order valence-corrected chi connectivity index (χ4v) is 2.87. The Morgan fingerprint density at radius 1 is 0.667 bits per heavy atom. The molecule has 0 amide bonds. The summed E-state index contributed by atoms with van der Waals surface area (Å²) < 4.78 is 42.3. The van der Waals surface area contributed by atoms with Crippen LogP contribution in [0.25, 0.3) is 0 Å². The first-order valence-electron chi connectivity index (χ1n) is 13.4. The van der Waals surface area contributed by atoms with E-state index in [1.54, 1.807) is 12.1 Å². The van der Waals surface area contributed by atoms with E-state index >= 15 is 0 Å². The van der Waals surface area contributed by atoms with Crippen LogP contribution in [0, 0.1) is 0 Å². The molecule has 0 unspecified atom stereocenters. The van der Waals surface area contributed by atoms with E-state index in [1.807, 2.05) is 12.1 Å². The topological polar surface area (TPSA) is 120 Å². The third-order valence-electron chi connectivity index (χ3n) is 4.94. The SMILES string of the molecule is C=CC(=O)OCCOCCOCCOCCOCCOCCOCCOC(=O)c1ccc(NCCCC)cc1. The van der Waals surface area contributed by atoms with Gasteiger partial charge in [0.25, 0.3) is 0 Å². The molecule has 0 aliphatic rings. The van der Waals surface area contributed by atoms with Gasteiger partial charge >= 0.3 is 11.9 Å². The van der Waals surface area contributed by atoms with Crippen LogP contribution in [0.1, 0.15) is 30.1 Å². The monoisotopic (exact) mass is 555 g/mol. The summed E-state index contributed by atoms with van der Waals surface area (Å²) in [6.07, 6.45) is 3.35. The van der Waals surface area contributed by atoms with Crippen molar-refractivity contribution >= 4 is 17.6 Å². The number of carbonyl (C=O) groups excluding carboxylic acids is 2. The van der Waals surface area contributed by atoms with Crippen LogP contribution in [0.5, 0.6) is 0 Å². The molecule has 0 spiro atoms. The maximum absolute atomic E-state index is 12.1. The van der Waals surface area contributed by atoms with Crippen molar-refractivity contribution in [3.8, 4) is 0 Å². The first-order chi connectivity index (χ1) is 19.2. The Morgan fingerprint density at radius 3 is 1.49 bits per heavy atom. The van der Waals surface area contributed by atoms with Crippen molar-refractivity contribution in [3.63, 3.8) is 0 Å². The highest BCUT2D eigenvalue weighted by atomic mass is 16.6. The van der Waals surface area contributed by atoms with E-state index in [1.165, 1.54) is 0 Å². The van der Waals surface area contributed by atoms with Gasteiger partial charge in [-0.05, 0) is 30.7 Å². The summed E-state index contributed by atoms with van der Waals surface area (Å²) in [5.74, 6) is -0.828. The fourth-order valence-electron chi connectivity index (χ4n) is 2.87. The Bertz CT molecular complexity index is 744. The van der Waals surface area contributed by atoms with Crippen molar-refractivity contribution in [2.24, 2.45) is 0 Å². The summed E-state index contributed by atoms with van der Waals surface area (Å²) in [5, 5.41) is 3.31. The molecule has 0 heterocycles. The number of anilines is 1. The lowest BCUT2D eigenvalue weighted by atomic mass is 10.2. The highest BCUT2D eigenvalue weighted by Crippen LogP contribution is 2.10. The largest absolute Gasteiger partial charge is 0.460 e. The summed E-state index contributed by atoms with van der Waals surface area (Å²) in [6, 6.07) is 7.27. The third kappa shape index (κ3) is 21.0. The number of benzene rings is 1. The number of hydrogen-bond acceptors (Lipinski definition) is 11. The average Bonchev–Trinajstić information content (AvgIpc) is 2.95. The lowest BCUT2D eigenvalue weighted by Gasteiger charge is -2.09. The molecule has 0 aromatic heterocycles. The van der Waals surface area contributed by atoms with Crippen LogP contribution in [0.2, 0.25) is 0 Å². The Balaban J connectivity index is 1.78. The van der Waals surface area contributed by atoms with Crippen LogP contribution in [0.15, 0.2) is 36.9 Å². The van der Waals surface area contributed by atoms with Gasteiger partial charge in [0.15, 0.2) is 0 Å². The van der Waals surface area contributed by atoms with Gasteiger partial charge in [0.2, 0.25) is 0 Å². The van der Waals surface area contributed by atoms with Crippen LogP contribution in [-0.4, -0.2) is 111 Å². The van der Waals surface area contributed by atoms with Crippen molar-refractivity contribution in [1.82, 2.24) is 0 Å². The van der Waals surface area contributed by atoms with Gasteiger partial charge in [-0.1, -0.05) is 19.9 Å². The molecule has 0 saturated carbocycles. The summed E-state index contributed by atoms with van der Waals surface area (Å²) in [6.45, 7) is 11.9. The van der Waals surface area contributed by atoms with Gasteiger partial charge in [-0.2, -0.15) is 0 Å². The zero-order valence-corrected chi connectivity index (χ0v) is 23.2. The second-order valence-corrected chi connectivity index (χ2v) is 8.04. The van der Waals surface area contributed by atoms with Crippen molar-refractivity contribution in [3.05, 3.63) is 42.5 Å². The Morgan fingerprint density at radius 2 is 1.08 bits per heavy atom. The van der Waals surface area contributed by atoms with Gasteiger partial charge in [0.1, 0.15) is 13.2 Å². The van der Waals surface area contributed by atoms with Crippen molar-refractivity contribution in [2.75, 3.05) is 104 Å². The van der Waals surface area contributed by atoms with Crippen molar-refractivity contribution in [2.45, 2.75) is 19.8 Å². The maximum atomic E-state index is 12.1. The van der Waals surface area contributed by atoms with E-state index < -0.39 is 5.97 Å². The second kappa shape index (κ2) is 25.7. The molecule has 0 aliphatic carbocycles. The van der Waals surface area contributed by atoms with Gasteiger partial charge < -0.3 is 43.2 Å². The van der Waals surface area contributed by atoms with E-state index in [0.29, 0.717) is 84.8 Å². The summed E-state index contributed by atoms with van der Waals surface area (Å²) in [4.78, 5) is 22.9. The number of esters is 2. The molecule has 11 heteroatoms. The summed E-state index contributed by atoms with van der Waals surface area (Å²) >= 11 is 0. The number of ether oxygens (including phenoxy) is 8. The van der Waals surface area contributed by atoms with Crippen molar-refractivity contribution in [1.29, 1.82) is 0 Å². The predicted octanol–water partition coefficient (Wildman–Crippen LogP) is 2.88. The molecule has 222 valence electrons. The summed E-state index contributed by atoms with van der Waals surface area (Å²) in [7, 11) is 0. The molecular formula is C28H45NO10. The molecular weight excluding hydrogens is 510 g/mol. The zero-order chi connectivity index (χ0) is 28.2. The molecule has 0 bridgehead atoms. The zero-order valence-electron chi connectivity index (χ0n) is 23.2. The molecule has 0 aliphatic heterocycles. The molecule has 0 atom stereocenters. The van der Waals surface area contributed by atoms with E-state index in [-0.39, 0.29) is 19.2 Å². The number of hydrogen-bond donors (Lipinski definition) is 1. The minimum atomic E-state index is -0.463. The predicted molar refractivity (Wildman–Crippen MR) is 146 cm³/mol. The molecule has 0 saturated heterocycles.